The van der Waals surface area contributed by atoms with Gasteiger partial charge >= 0.3 is 0 Å². The number of nitro benzene ring substituents is 1. The van der Waals surface area contributed by atoms with Crippen LogP contribution in [0.2, 0.25) is 0 Å². The number of nitrogens with zero attached hydrogens (tertiary/aromatic N) is 3. The minimum Gasteiger partial charge on any atom is -0.436 e. The lowest BCUT2D eigenvalue weighted by Gasteiger charge is -2.06. The number of carbonyl (C=O) groups excluding carboxylic acids is 1. The Labute approximate surface area is 202 Å². The van der Waals surface area contributed by atoms with Gasteiger partial charge in [0.1, 0.15) is 11.4 Å². The molecule has 0 unspecified atom stereocenters. The molecule has 0 spiro atoms. The average Bonchev–Trinajstić information content (AvgIpc) is 3.35. The molecule has 6 rings (SSSR count). The molecular formula is C27H17N5O4. The highest BCUT2D eigenvalue weighted by Gasteiger charge is 2.14. The predicted molar refractivity (Wildman–Crippen MR) is 135 cm³/mol. The Morgan fingerprint density at radius 1 is 0.944 bits per heavy atom. The van der Waals surface area contributed by atoms with Gasteiger partial charge in [0.15, 0.2) is 0 Å². The monoisotopic (exact) mass is 475 g/mol. The molecule has 1 amide bonds. The summed E-state index contributed by atoms with van der Waals surface area (Å²) in [5.74, 6) is 0.00683. The van der Waals surface area contributed by atoms with Gasteiger partial charge in [0.25, 0.3) is 11.6 Å². The topological polar surface area (TPSA) is 126 Å². The van der Waals surface area contributed by atoms with Crippen molar-refractivity contribution in [2.45, 2.75) is 0 Å². The maximum Gasteiger partial charge on any atom is 0.271 e. The Morgan fingerprint density at radius 2 is 1.72 bits per heavy atom. The molecule has 0 atom stereocenters. The van der Waals surface area contributed by atoms with Crippen LogP contribution in [0.4, 0.5) is 5.69 Å². The summed E-state index contributed by atoms with van der Waals surface area (Å²) in [6.45, 7) is 0. The fourth-order valence-electron chi connectivity index (χ4n) is 4.11. The van der Waals surface area contributed by atoms with Crippen LogP contribution in [0.5, 0.6) is 0 Å². The zero-order chi connectivity index (χ0) is 24.6. The molecule has 0 saturated heterocycles. The minimum atomic E-state index is -0.533. The van der Waals surface area contributed by atoms with E-state index < -0.39 is 10.8 Å². The summed E-state index contributed by atoms with van der Waals surface area (Å²) in [6.07, 6.45) is 0. The number of rotatable bonds is 4. The van der Waals surface area contributed by atoms with Crippen LogP contribution < -0.4 is 11.0 Å². The molecule has 2 N–H and O–H groups in total. The molecule has 6 aromatic rings. The number of H-pyrrole nitrogens is 1. The first-order chi connectivity index (χ1) is 17.6. The maximum absolute atomic E-state index is 12.7. The molecule has 0 aliphatic rings. The second-order valence-corrected chi connectivity index (χ2v) is 8.12. The Hall–Kier alpha value is -5.31. The van der Waals surface area contributed by atoms with Gasteiger partial charge in [-0.3, -0.25) is 14.9 Å². The highest BCUT2D eigenvalue weighted by Crippen LogP contribution is 2.28. The van der Waals surface area contributed by atoms with E-state index in [4.69, 9.17) is 4.42 Å². The van der Waals surface area contributed by atoms with E-state index in [1.54, 1.807) is 0 Å². The van der Waals surface area contributed by atoms with Crippen molar-refractivity contribution < 1.29 is 14.1 Å². The number of amides is 1. The van der Waals surface area contributed by atoms with Gasteiger partial charge in [-0.25, -0.2) is 10.4 Å². The van der Waals surface area contributed by atoms with E-state index in [9.17, 15) is 14.9 Å². The van der Waals surface area contributed by atoms with Crippen LogP contribution in [-0.2, 0) is 0 Å². The zero-order valence-electron chi connectivity index (χ0n) is 18.6. The standard InChI is InChI=1S/C27H17N5O4/c33-26(17-9-12-18(13-10-17)32(34)35)30-31-27-21(25-28-22-7-3-4-8-23(22)29-25)15-20-19-6-2-1-5-16(19)11-14-24(20)36-27/h1-15H,(H,28,29)(H,30,33)/b31-27-. The fraction of sp³-hybridized carbons (Fsp3) is 0. The summed E-state index contributed by atoms with van der Waals surface area (Å²) in [7, 11) is 0. The normalized spacial score (nSPS) is 11.8. The lowest BCUT2D eigenvalue weighted by molar-refractivity contribution is -0.384. The number of para-hydroxylation sites is 2. The number of benzene rings is 4. The molecule has 0 radical (unpaired) electrons. The summed E-state index contributed by atoms with van der Waals surface area (Å²) in [5, 5.41) is 18.1. The number of fused-ring (bicyclic) bond motifs is 4. The van der Waals surface area contributed by atoms with Crippen LogP contribution in [0.3, 0.4) is 0 Å². The van der Waals surface area contributed by atoms with E-state index in [0.29, 0.717) is 17.0 Å². The van der Waals surface area contributed by atoms with Gasteiger partial charge in [0.2, 0.25) is 5.55 Å². The van der Waals surface area contributed by atoms with Crippen molar-refractivity contribution in [2.75, 3.05) is 0 Å². The SMILES string of the molecule is O=C(N/N=c1\oc2ccc3ccccc3c2cc1-c1nc2ccccc2[nH]1)c1ccc([N+](=O)[O-])cc1. The van der Waals surface area contributed by atoms with Gasteiger partial charge in [-0.2, -0.15) is 0 Å². The molecule has 9 heteroatoms. The highest BCUT2D eigenvalue weighted by molar-refractivity contribution is 6.06. The average molecular weight is 475 g/mol. The summed E-state index contributed by atoms with van der Waals surface area (Å²) in [6, 6.07) is 26.6. The maximum atomic E-state index is 12.7. The molecular weight excluding hydrogens is 458 g/mol. The van der Waals surface area contributed by atoms with Gasteiger partial charge in [0.05, 0.1) is 21.5 Å². The lowest BCUT2D eigenvalue weighted by Crippen LogP contribution is -2.22. The van der Waals surface area contributed by atoms with Crippen molar-refractivity contribution in [2.24, 2.45) is 5.10 Å². The van der Waals surface area contributed by atoms with E-state index >= 15 is 0 Å². The third-order valence-electron chi connectivity index (χ3n) is 5.90. The molecule has 0 bridgehead atoms. The number of nitrogens with one attached hydrogen (secondary N) is 2. The van der Waals surface area contributed by atoms with Gasteiger partial charge in [0, 0.05) is 23.1 Å². The number of hydrogen-bond donors (Lipinski definition) is 2. The zero-order valence-corrected chi connectivity index (χ0v) is 18.6. The van der Waals surface area contributed by atoms with E-state index in [1.807, 2.05) is 66.7 Å². The molecule has 4 aromatic carbocycles. The molecule has 9 nitrogen and oxygen atoms in total. The first kappa shape index (κ1) is 21.2. The van der Waals surface area contributed by atoms with E-state index in [-0.39, 0.29) is 16.8 Å². The van der Waals surface area contributed by atoms with Crippen LogP contribution in [-0.4, -0.2) is 20.8 Å². The Bertz CT molecular complexity index is 1840. The Balaban J connectivity index is 1.50. The largest absolute Gasteiger partial charge is 0.436 e. The summed E-state index contributed by atoms with van der Waals surface area (Å²) < 4.78 is 6.16. The number of non-ortho nitro benzene ring substituents is 1. The number of aromatic nitrogens is 2. The van der Waals surface area contributed by atoms with Crippen LogP contribution in [0.1, 0.15) is 10.4 Å². The lowest BCUT2D eigenvalue weighted by atomic mass is 10.0. The number of aromatic amines is 1. The van der Waals surface area contributed by atoms with Crippen molar-refractivity contribution in [1.82, 2.24) is 15.4 Å². The first-order valence-electron chi connectivity index (χ1n) is 11.1. The third kappa shape index (κ3) is 3.74. The van der Waals surface area contributed by atoms with Gasteiger partial charge in [-0.15, -0.1) is 5.10 Å². The summed E-state index contributed by atoms with van der Waals surface area (Å²) >= 11 is 0. The van der Waals surface area contributed by atoms with Crippen molar-refractivity contribution >= 4 is 44.4 Å². The van der Waals surface area contributed by atoms with Crippen molar-refractivity contribution in [3.05, 3.63) is 112 Å². The van der Waals surface area contributed by atoms with Crippen molar-refractivity contribution in [3.8, 4) is 11.4 Å². The quantitative estimate of drug-likeness (QED) is 0.204. The smallest absolute Gasteiger partial charge is 0.271 e. The van der Waals surface area contributed by atoms with Crippen LogP contribution in [0, 0.1) is 10.1 Å². The number of hydrogen-bond acceptors (Lipinski definition) is 6. The summed E-state index contributed by atoms with van der Waals surface area (Å²) in [5.41, 5.74) is 5.57. The highest BCUT2D eigenvalue weighted by atomic mass is 16.6. The molecule has 0 saturated carbocycles. The third-order valence-corrected chi connectivity index (χ3v) is 5.90. The van der Waals surface area contributed by atoms with Crippen LogP contribution in [0.25, 0.3) is 44.2 Å². The Kier molecular flexibility index (Phi) is 5.00. The summed E-state index contributed by atoms with van der Waals surface area (Å²) in [4.78, 5) is 31.0. The molecule has 2 aromatic heterocycles. The van der Waals surface area contributed by atoms with Crippen molar-refractivity contribution in [1.29, 1.82) is 0 Å². The Morgan fingerprint density at radius 3 is 2.53 bits per heavy atom. The number of imidazole rings is 1. The van der Waals surface area contributed by atoms with Crippen molar-refractivity contribution in [3.63, 3.8) is 0 Å². The molecule has 0 fully saturated rings. The van der Waals surface area contributed by atoms with Gasteiger partial charge in [-0.1, -0.05) is 42.5 Å². The fourth-order valence-corrected chi connectivity index (χ4v) is 4.11. The molecule has 2 heterocycles. The van der Waals surface area contributed by atoms with E-state index in [0.717, 1.165) is 27.2 Å². The first-order valence-corrected chi connectivity index (χ1v) is 11.1. The van der Waals surface area contributed by atoms with Gasteiger partial charge < -0.3 is 9.40 Å². The minimum absolute atomic E-state index is 0.104. The molecule has 0 aliphatic heterocycles. The number of carbonyl (C=O) groups is 1. The predicted octanol–water partition coefficient (Wildman–Crippen LogP) is 5.28. The van der Waals surface area contributed by atoms with E-state index in [1.165, 1.54) is 24.3 Å². The van der Waals surface area contributed by atoms with Gasteiger partial charge in [-0.05, 0) is 47.2 Å². The molecule has 174 valence electrons. The number of nitro groups is 1. The molecule has 36 heavy (non-hydrogen) atoms. The van der Waals surface area contributed by atoms with Crippen LogP contribution in [0.15, 0.2) is 101 Å². The second-order valence-electron chi connectivity index (χ2n) is 8.12. The van der Waals surface area contributed by atoms with Crippen LogP contribution >= 0.6 is 0 Å². The second kappa shape index (κ2) is 8.48. The van der Waals surface area contributed by atoms with E-state index in [2.05, 4.69) is 20.5 Å². The molecule has 0 aliphatic carbocycles.